The molecule has 1 aliphatic carbocycles. The molecule has 0 bridgehead atoms. The summed E-state index contributed by atoms with van der Waals surface area (Å²) >= 11 is 0. The monoisotopic (exact) mass is 456 g/mol. The van der Waals surface area contributed by atoms with Gasteiger partial charge in [0, 0.05) is 39.6 Å². The van der Waals surface area contributed by atoms with Crippen LogP contribution in [0, 0.1) is 11.7 Å². The molecule has 0 spiro atoms. The molecule has 2 atom stereocenters. The lowest BCUT2D eigenvalue weighted by atomic mass is 10.0. The van der Waals surface area contributed by atoms with Gasteiger partial charge in [-0.15, -0.1) is 0 Å². The zero-order valence-electron chi connectivity index (χ0n) is 18.9. The summed E-state index contributed by atoms with van der Waals surface area (Å²) in [5.74, 6) is -0.577. The van der Waals surface area contributed by atoms with Gasteiger partial charge in [-0.25, -0.2) is 14.2 Å². The van der Waals surface area contributed by atoms with Crippen molar-refractivity contribution in [2.45, 2.75) is 44.4 Å². The molecule has 4 N–H and O–H groups in total. The molecule has 3 heterocycles. The number of likely N-dealkylation sites (N-methyl/N-ethyl adjacent to an activating group) is 1. The minimum atomic E-state index is -0.725. The number of carbonyl (C=O) groups is 1. The third-order valence-electron chi connectivity index (χ3n) is 6.99. The second kappa shape index (κ2) is 8.70. The average molecular weight is 457 g/mol. The number of hydrazine groups is 1. The smallest absolute Gasteiger partial charge is 0.249 e. The van der Waals surface area contributed by atoms with Crippen LogP contribution in [0.25, 0.3) is 5.57 Å². The second-order valence-electron chi connectivity index (χ2n) is 9.26. The van der Waals surface area contributed by atoms with Crippen molar-refractivity contribution in [3.8, 4) is 0 Å². The van der Waals surface area contributed by atoms with Crippen molar-refractivity contribution in [1.82, 2.24) is 31.3 Å². The molecule has 9 heteroatoms. The first-order valence-electron chi connectivity index (χ1n) is 11.5. The lowest BCUT2D eigenvalue weighted by Gasteiger charge is -2.29. The van der Waals surface area contributed by atoms with E-state index in [1.165, 1.54) is 31.2 Å². The molecule has 4 aliphatic rings. The summed E-state index contributed by atoms with van der Waals surface area (Å²) in [4.78, 5) is 15.0. The molecule has 1 saturated carbocycles. The van der Waals surface area contributed by atoms with E-state index >= 15 is 0 Å². The molecule has 1 amide bonds. The topological polar surface area (TPSA) is 71.7 Å². The Morgan fingerprint density at radius 2 is 1.97 bits per heavy atom. The van der Waals surface area contributed by atoms with E-state index in [1.807, 2.05) is 36.3 Å². The molecule has 1 aromatic carbocycles. The molecule has 5 rings (SSSR count). The Balaban J connectivity index is 1.29. The number of nitrogens with zero attached hydrogens (tertiary/aromatic N) is 2. The fraction of sp³-hybridized carbons (Fsp3) is 0.458. The quantitative estimate of drug-likeness (QED) is 0.545. The van der Waals surface area contributed by atoms with Crippen molar-refractivity contribution in [3.63, 3.8) is 0 Å². The SMILES string of the molecule is CN1C=C(c2cc(F)cc(CNC(=O)C3NC=C(F)C4=C3NC(C3CCCC3)N4C)c2)CN1. The molecule has 33 heavy (non-hydrogen) atoms. The molecule has 7 nitrogen and oxygen atoms in total. The number of hydrogen-bond donors (Lipinski definition) is 4. The van der Waals surface area contributed by atoms with Crippen molar-refractivity contribution >= 4 is 11.5 Å². The zero-order valence-corrected chi connectivity index (χ0v) is 18.9. The van der Waals surface area contributed by atoms with Crippen LogP contribution >= 0.6 is 0 Å². The summed E-state index contributed by atoms with van der Waals surface area (Å²) in [6.07, 6.45) is 7.73. The number of hydrogen-bond acceptors (Lipinski definition) is 6. The van der Waals surface area contributed by atoms with Crippen molar-refractivity contribution in [2.24, 2.45) is 5.92 Å². The third-order valence-corrected chi connectivity index (χ3v) is 6.99. The standard InChI is InChI=1S/C24H30F2N6O/c1-31-13-17(11-29-31)16-7-14(8-18(25)9-16)10-28-24(33)21-20-22(19(26)12-27-21)32(2)23(30-20)15-5-3-4-6-15/h7-9,12-13,15,21,23,27,29-30H,3-6,10-11H2,1-2H3,(H,28,33). The average Bonchev–Trinajstić information content (AvgIpc) is 3.53. The first-order valence-corrected chi connectivity index (χ1v) is 11.5. The first kappa shape index (κ1) is 21.8. The molecule has 2 unspecified atom stereocenters. The summed E-state index contributed by atoms with van der Waals surface area (Å²) in [5.41, 5.74) is 6.58. The third kappa shape index (κ3) is 4.17. The van der Waals surface area contributed by atoms with Gasteiger partial charge in [-0.05, 0) is 53.7 Å². The van der Waals surface area contributed by atoms with Gasteiger partial charge in [-0.2, -0.15) is 0 Å². The lowest BCUT2D eigenvalue weighted by Crippen LogP contribution is -2.48. The number of dihydropyridines is 1. The maximum absolute atomic E-state index is 14.7. The van der Waals surface area contributed by atoms with Gasteiger partial charge in [0.2, 0.25) is 5.91 Å². The van der Waals surface area contributed by atoms with Gasteiger partial charge >= 0.3 is 0 Å². The summed E-state index contributed by atoms with van der Waals surface area (Å²) in [6.45, 7) is 0.795. The molecule has 0 saturated heterocycles. The normalized spacial score (nSPS) is 25.0. The van der Waals surface area contributed by atoms with Crippen LogP contribution in [0.4, 0.5) is 8.78 Å². The number of benzene rings is 1. The highest BCUT2D eigenvalue weighted by Crippen LogP contribution is 2.37. The van der Waals surface area contributed by atoms with Crippen molar-refractivity contribution < 1.29 is 13.6 Å². The highest BCUT2D eigenvalue weighted by molar-refractivity contribution is 5.86. The minimum absolute atomic E-state index is 0.0101. The summed E-state index contributed by atoms with van der Waals surface area (Å²) in [7, 11) is 3.76. The van der Waals surface area contributed by atoms with E-state index in [9.17, 15) is 13.6 Å². The molecule has 3 aliphatic heterocycles. The number of carbonyl (C=O) groups excluding carboxylic acids is 1. The molecule has 1 aromatic rings. The van der Waals surface area contributed by atoms with Gasteiger partial charge in [0.05, 0.1) is 11.4 Å². The van der Waals surface area contributed by atoms with Gasteiger partial charge in [0.1, 0.15) is 18.0 Å². The van der Waals surface area contributed by atoms with Crippen molar-refractivity contribution in [1.29, 1.82) is 0 Å². The lowest BCUT2D eigenvalue weighted by molar-refractivity contribution is -0.122. The number of amides is 1. The van der Waals surface area contributed by atoms with E-state index in [1.54, 1.807) is 0 Å². The molecule has 0 radical (unpaired) electrons. The zero-order chi connectivity index (χ0) is 23.1. The van der Waals surface area contributed by atoms with Gasteiger partial charge < -0.3 is 25.9 Å². The maximum atomic E-state index is 14.7. The fourth-order valence-electron chi connectivity index (χ4n) is 5.33. The van der Waals surface area contributed by atoms with E-state index in [-0.39, 0.29) is 30.3 Å². The van der Waals surface area contributed by atoms with E-state index in [0.29, 0.717) is 29.4 Å². The Morgan fingerprint density at radius 1 is 1.18 bits per heavy atom. The molecule has 1 fully saturated rings. The van der Waals surface area contributed by atoms with Crippen LogP contribution in [-0.2, 0) is 11.3 Å². The summed E-state index contributed by atoms with van der Waals surface area (Å²) in [6, 6.07) is 4.07. The van der Waals surface area contributed by atoms with E-state index in [4.69, 9.17) is 0 Å². The van der Waals surface area contributed by atoms with E-state index in [0.717, 1.165) is 24.0 Å². The second-order valence-corrected chi connectivity index (χ2v) is 9.26. The first-order chi connectivity index (χ1) is 15.9. The van der Waals surface area contributed by atoms with Gasteiger partial charge in [0.25, 0.3) is 0 Å². The van der Waals surface area contributed by atoms with Crippen LogP contribution < -0.4 is 21.4 Å². The molecular formula is C24H30F2N6O. The van der Waals surface area contributed by atoms with Gasteiger partial charge in [-0.1, -0.05) is 12.8 Å². The summed E-state index contributed by atoms with van der Waals surface area (Å²) in [5, 5.41) is 11.0. The Hall–Kier alpha value is -3.07. The molecule has 176 valence electrons. The molecular weight excluding hydrogens is 426 g/mol. The van der Waals surface area contributed by atoms with Gasteiger partial charge in [0.15, 0.2) is 5.83 Å². The highest BCUT2D eigenvalue weighted by atomic mass is 19.1. The maximum Gasteiger partial charge on any atom is 0.249 e. The van der Waals surface area contributed by atoms with Crippen LogP contribution in [0.5, 0.6) is 0 Å². The highest BCUT2D eigenvalue weighted by Gasteiger charge is 2.42. The van der Waals surface area contributed by atoms with Gasteiger partial charge in [-0.3, -0.25) is 4.79 Å². The van der Waals surface area contributed by atoms with Crippen LogP contribution in [0.3, 0.4) is 0 Å². The Morgan fingerprint density at radius 3 is 2.70 bits per heavy atom. The van der Waals surface area contributed by atoms with Crippen LogP contribution in [0.2, 0.25) is 0 Å². The number of nitrogens with one attached hydrogen (secondary N) is 4. The Kier molecular flexibility index (Phi) is 5.74. The van der Waals surface area contributed by atoms with Crippen LogP contribution in [-0.4, -0.2) is 48.7 Å². The van der Waals surface area contributed by atoms with E-state index < -0.39 is 6.04 Å². The minimum Gasteiger partial charge on any atom is -0.372 e. The molecule has 0 aromatic heterocycles. The number of halogens is 2. The fourth-order valence-corrected chi connectivity index (χ4v) is 5.33. The van der Waals surface area contributed by atoms with Crippen molar-refractivity contribution in [2.75, 3.05) is 20.6 Å². The predicted molar refractivity (Wildman–Crippen MR) is 122 cm³/mol. The van der Waals surface area contributed by atoms with Crippen molar-refractivity contribution in [3.05, 3.63) is 64.8 Å². The summed E-state index contributed by atoms with van der Waals surface area (Å²) < 4.78 is 28.9. The van der Waals surface area contributed by atoms with Crippen LogP contribution in [0.1, 0.15) is 36.8 Å². The Bertz CT molecular complexity index is 1050. The Labute approximate surface area is 192 Å². The predicted octanol–water partition coefficient (Wildman–Crippen LogP) is 2.28. The number of allylic oxidation sites excluding steroid dienone is 1. The number of rotatable bonds is 5. The largest absolute Gasteiger partial charge is 0.372 e. The van der Waals surface area contributed by atoms with Crippen LogP contribution in [0.15, 0.2) is 47.8 Å². The van der Waals surface area contributed by atoms with E-state index in [2.05, 4.69) is 21.4 Å².